The summed E-state index contributed by atoms with van der Waals surface area (Å²) >= 11 is 6.11. The highest BCUT2D eigenvalue weighted by molar-refractivity contribution is 6.33. The third-order valence-electron chi connectivity index (χ3n) is 3.33. The number of hydrogen-bond donors (Lipinski definition) is 1. The predicted octanol–water partition coefficient (Wildman–Crippen LogP) is 4.37. The molecule has 0 aliphatic rings. The van der Waals surface area contributed by atoms with Crippen molar-refractivity contribution in [3.63, 3.8) is 0 Å². The van der Waals surface area contributed by atoms with Crippen LogP contribution in [0.4, 0.5) is 0 Å². The van der Waals surface area contributed by atoms with Gasteiger partial charge in [-0.05, 0) is 37.1 Å². The number of hydrogen-bond acceptors (Lipinski definition) is 2. The molecule has 2 aromatic rings. The molecule has 0 radical (unpaired) electrons. The van der Waals surface area contributed by atoms with Crippen molar-refractivity contribution in [3.05, 3.63) is 47.2 Å². The summed E-state index contributed by atoms with van der Waals surface area (Å²) in [4.78, 5) is 12.1. The number of nitrogens with one attached hydrogen (secondary N) is 1. The van der Waals surface area contributed by atoms with Crippen molar-refractivity contribution in [3.8, 4) is 11.3 Å². The fraction of sp³-hybridized carbons (Fsp3) is 0.312. The SMILES string of the molecule is CC(C)C(C)NC(=O)c1ccc(-c2ccccc2Cl)o1. The summed E-state index contributed by atoms with van der Waals surface area (Å²) in [5.74, 6) is 1.06. The smallest absolute Gasteiger partial charge is 0.287 e. The Labute approximate surface area is 123 Å². The number of carbonyl (C=O) groups excluding carboxylic acids is 1. The quantitative estimate of drug-likeness (QED) is 0.908. The molecule has 1 aromatic heterocycles. The van der Waals surface area contributed by atoms with Gasteiger partial charge in [0.15, 0.2) is 5.76 Å². The van der Waals surface area contributed by atoms with Crippen LogP contribution in [-0.2, 0) is 0 Å². The van der Waals surface area contributed by atoms with Crippen LogP contribution in [0.1, 0.15) is 31.3 Å². The molecular formula is C16H18ClNO2. The van der Waals surface area contributed by atoms with E-state index in [0.717, 1.165) is 5.56 Å². The molecule has 1 aromatic carbocycles. The van der Waals surface area contributed by atoms with E-state index < -0.39 is 0 Å². The van der Waals surface area contributed by atoms with Gasteiger partial charge in [0.05, 0.1) is 5.02 Å². The van der Waals surface area contributed by atoms with E-state index in [9.17, 15) is 4.79 Å². The van der Waals surface area contributed by atoms with E-state index in [2.05, 4.69) is 19.2 Å². The average Bonchev–Trinajstić information content (AvgIpc) is 2.88. The number of carbonyl (C=O) groups is 1. The molecule has 106 valence electrons. The highest BCUT2D eigenvalue weighted by Gasteiger charge is 2.16. The van der Waals surface area contributed by atoms with Crippen molar-refractivity contribution >= 4 is 17.5 Å². The fourth-order valence-corrected chi connectivity index (χ4v) is 1.94. The molecule has 0 saturated carbocycles. The van der Waals surface area contributed by atoms with Crippen molar-refractivity contribution < 1.29 is 9.21 Å². The van der Waals surface area contributed by atoms with Crippen molar-refractivity contribution in [1.29, 1.82) is 0 Å². The first-order valence-corrected chi connectivity index (χ1v) is 7.02. The van der Waals surface area contributed by atoms with Crippen LogP contribution in [0.25, 0.3) is 11.3 Å². The molecule has 0 saturated heterocycles. The zero-order valence-corrected chi connectivity index (χ0v) is 12.6. The highest BCUT2D eigenvalue weighted by atomic mass is 35.5. The van der Waals surface area contributed by atoms with E-state index in [0.29, 0.717) is 22.5 Å². The normalized spacial score (nSPS) is 12.4. The summed E-state index contributed by atoms with van der Waals surface area (Å²) in [6.07, 6.45) is 0. The maximum absolute atomic E-state index is 12.1. The Bertz CT molecular complexity index is 604. The fourth-order valence-electron chi connectivity index (χ4n) is 1.71. The second kappa shape index (κ2) is 6.14. The number of amides is 1. The van der Waals surface area contributed by atoms with Crippen LogP contribution in [0.5, 0.6) is 0 Å². The molecule has 1 amide bonds. The van der Waals surface area contributed by atoms with Crippen LogP contribution in [0.3, 0.4) is 0 Å². The molecule has 0 spiro atoms. The Balaban J connectivity index is 2.17. The van der Waals surface area contributed by atoms with Gasteiger partial charge >= 0.3 is 0 Å². The summed E-state index contributed by atoms with van der Waals surface area (Å²) in [6.45, 7) is 6.09. The second-order valence-corrected chi connectivity index (χ2v) is 5.56. The molecule has 0 aliphatic carbocycles. The molecule has 2 rings (SSSR count). The summed E-state index contributed by atoms with van der Waals surface area (Å²) in [6, 6.07) is 10.9. The van der Waals surface area contributed by atoms with Crippen molar-refractivity contribution in [2.75, 3.05) is 0 Å². The zero-order valence-electron chi connectivity index (χ0n) is 11.8. The maximum atomic E-state index is 12.1. The van der Waals surface area contributed by atoms with Crippen LogP contribution in [0.15, 0.2) is 40.8 Å². The number of furan rings is 1. The molecule has 3 nitrogen and oxygen atoms in total. The number of halogens is 1. The Hall–Kier alpha value is -1.74. The molecule has 0 aliphatic heterocycles. The van der Waals surface area contributed by atoms with Gasteiger partial charge in [-0.15, -0.1) is 0 Å². The van der Waals surface area contributed by atoms with Gasteiger partial charge in [0.2, 0.25) is 0 Å². The maximum Gasteiger partial charge on any atom is 0.287 e. The monoisotopic (exact) mass is 291 g/mol. The molecule has 20 heavy (non-hydrogen) atoms. The first-order chi connectivity index (χ1) is 9.49. The number of benzene rings is 1. The highest BCUT2D eigenvalue weighted by Crippen LogP contribution is 2.29. The van der Waals surface area contributed by atoms with Gasteiger partial charge in [-0.2, -0.15) is 0 Å². The average molecular weight is 292 g/mol. The van der Waals surface area contributed by atoms with Gasteiger partial charge in [-0.25, -0.2) is 0 Å². The minimum Gasteiger partial charge on any atom is -0.451 e. The second-order valence-electron chi connectivity index (χ2n) is 5.15. The lowest BCUT2D eigenvalue weighted by Crippen LogP contribution is -2.35. The van der Waals surface area contributed by atoms with Crippen molar-refractivity contribution in [2.45, 2.75) is 26.8 Å². The minimum absolute atomic E-state index is 0.0939. The van der Waals surface area contributed by atoms with E-state index in [4.69, 9.17) is 16.0 Å². The van der Waals surface area contributed by atoms with Crippen LogP contribution in [0, 0.1) is 5.92 Å². The topological polar surface area (TPSA) is 42.2 Å². The van der Waals surface area contributed by atoms with Gasteiger partial charge in [-0.1, -0.05) is 37.6 Å². The molecule has 1 heterocycles. The van der Waals surface area contributed by atoms with Gasteiger partial charge in [0.1, 0.15) is 5.76 Å². The van der Waals surface area contributed by atoms with Crippen LogP contribution >= 0.6 is 11.6 Å². The molecule has 4 heteroatoms. The van der Waals surface area contributed by atoms with Crippen LogP contribution in [-0.4, -0.2) is 11.9 Å². The van der Waals surface area contributed by atoms with Gasteiger partial charge in [0.25, 0.3) is 5.91 Å². The van der Waals surface area contributed by atoms with Gasteiger partial charge in [-0.3, -0.25) is 4.79 Å². The Kier molecular flexibility index (Phi) is 4.50. The van der Waals surface area contributed by atoms with E-state index in [1.165, 1.54) is 0 Å². The standard InChI is InChI=1S/C16H18ClNO2/c1-10(2)11(3)18-16(19)15-9-8-14(20-15)12-6-4-5-7-13(12)17/h4-11H,1-3H3,(H,18,19). The van der Waals surface area contributed by atoms with E-state index in [1.54, 1.807) is 18.2 Å². The molecule has 0 bridgehead atoms. The largest absolute Gasteiger partial charge is 0.451 e. The Morgan fingerprint density at radius 3 is 2.50 bits per heavy atom. The third-order valence-corrected chi connectivity index (χ3v) is 3.66. The first-order valence-electron chi connectivity index (χ1n) is 6.64. The van der Waals surface area contributed by atoms with Crippen molar-refractivity contribution in [1.82, 2.24) is 5.32 Å². The first kappa shape index (κ1) is 14.7. The van der Waals surface area contributed by atoms with Crippen LogP contribution < -0.4 is 5.32 Å². The van der Waals surface area contributed by atoms with Crippen LogP contribution in [0.2, 0.25) is 5.02 Å². The van der Waals surface area contributed by atoms with Gasteiger partial charge in [0, 0.05) is 11.6 Å². The summed E-state index contributed by atoms with van der Waals surface area (Å²) in [5.41, 5.74) is 0.783. The Morgan fingerprint density at radius 2 is 1.85 bits per heavy atom. The van der Waals surface area contributed by atoms with E-state index >= 15 is 0 Å². The summed E-state index contributed by atoms with van der Waals surface area (Å²) in [7, 11) is 0. The molecule has 0 fully saturated rings. The van der Waals surface area contributed by atoms with Gasteiger partial charge < -0.3 is 9.73 Å². The van der Waals surface area contributed by atoms with E-state index in [1.807, 2.05) is 25.1 Å². The lowest BCUT2D eigenvalue weighted by Gasteiger charge is -2.16. The lowest BCUT2D eigenvalue weighted by atomic mass is 10.1. The van der Waals surface area contributed by atoms with Crippen molar-refractivity contribution in [2.24, 2.45) is 5.92 Å². The number of rotatable bonds is 4. The summed E-state index contributed by atoms with van der Waals surface area (Å²) in [5, 5.41) is 3.51. The van der Waals surface area contributed by atoms with E-state index in [-0.39, 0.29) is 11.9 Å². The molecule has 1 unspecified atom stereocenters. The summed E-state index contributed by atoms with van der Waals surface area (Å²) < 4.78 is 5.60. The predicted molar refractivity (Wildman–Crippen MR) is 80.9 cm³/mol. The zero-order chi connectivity index (χ0) is 14.7. The molecule has 1 N–H and O–H groups in total. The Morgan fingerprint density at radius 1 is 1.15 bits per heavy atom. The lowest BCUT2D eigenvalue weighted by molar-refractivity contribution is 0.0903. The minimum atomic E-state index is -0.204. The third kappa shape index (κ3) is 3.23. The molecular weight excluding hydrogens is 274 g/mol. The molecule has 1 atom stereocenters.